The summed E-state index contributed by atoms with van der Waals surface area (Å²) in [7, 11) is 0. The van der Waals surface area contributed by atoms with Gasteiger partial charge >= 0.3 is 0 Å². The minimum Gasteiger partial charge on any atom is -0.271 e. The van der Waals surface area contributed by atoms with Crippen LogP contribution in [-0.2, 0) is 0 Å². The van der Waals surface area contributed by atoms with Gasteiger partial charge in [-0.05, 0) is 30.7 Å². The highest BCUT2D eigenvalue weighted by Crippen LogP contribution is 2.24. The lowest BCUT2D eigenvalue weighted by atomic mass is 9.97. The molecule has 2 aromatic carbocycles. The molecule has 1 unspecified atom stereocenters. The summed E-state index contributed by atoms with van der Waals surface area (Å²) in [5.41, 5.74) is 4.66. The standard InChI is InChI=1S/C14H14F2N2/c1-9-2-7-13(16)12(8-9)14(18-17)10-3-5-11(15)6-4-10/h2-8,14,18H,17H2,1H3. The van der Waals surface area contributed by atoms with Gasteiger partial charge in [-0.25, -0.2) is 14.2 Å². The Morgan fingerprint density at radius 1 is 1.06 bits per heavy atom. The molecule has 0 aliphatic carbocycles. The van der Waals surface area contributed by atoms with Crippen LogP contribution in [-0.4, -0.2) is 0 Å². The van der Waals surface area contributed by atoms with Crippen LogP contribution in [0.1, 0.15) is 22.7 Å². The number of nitrogens with one attached hydrogen (secondary N) is 1. The summed E-state index contributed by atoms with van der Waals surface area (Å²) in [5.74, 6) is 4.81. The van der Waals surface area contributed by atoms with E-state index in [1.165, 1.54) is 18.2 Å². The summed E-state index contributed by atoms with van der Waals surface area (Å²) in [5, 5.41) is 0. The van der Waals surface area contributed by atoms with E-state index >= 15 is 0 Å². The van der Waals surface area contributed by atoms with E-state index in [4.69, 9.17) is 5.84 Å². The smallest absolute Gasteiger partial charge is 0.128 e. The molecule has 0 heterocycles. The molecule has 18 heavy (non-hydrogen) atoms. The highest BCUT2D eigenvalue weighted by molar-refractivity contribution is 5.35. The predicted octanol–water partition coefficient (Wildman–Crippen LogP) is 2.83. The van der Waals surface area contributed by atoms with E-state index in [0.717, 1.165) is 5.56 Å². The van der Waals surface area contributed by atoms with Gasteiger partial charge in [0, 0.05) is 5.56 Å². The van der Waals surface area contributed by atoms with Crippen molar-refractivity contribution in [1.29, 1.82) is 0 Å². The molecule has 0 saturated carbocycles. The lowest BCUT2D eigenvalue weighted by Crippen LogP contribution is -2.29. The monoisotopic (exact) mass is 248 g/mol. The van der Waals surface area contributed by atoms with Crippen molar-refractivity contribution in [2.24, 2.45) is 5.84 Å². The van der Waals surface area contributed by atoms with Crippen LogP contribution in [0.3, 0.4) is 0 Å². The number of nitrogens with two attached hydrogens (primary N) is 1. The number of hydrogen-bond donors (Lipinski definition) is 2. The Bertz CT molecular complexity index is 538. The van der Waals surface area contributed by atoms with E-state index in [1.54, 1.807) is 24.3 Å². The maximum Gasteiger partial charge on any atom is 0.128 e. The van der Waals surface area contributed by atoms with Gasteiger partial charge in [0.25, 0.3) is 0 Å². The summed E-state index contributed by atoms with van der Waals surface area (Å²) in [4.78, 5) is 0. The Hall–Kier alpha value is -1.78. The zero-order valence-corrected chi connectivity index (χ0v) is 9.95. The van der Waals surface area contributed by atoms with Gasteiger partial charge in [-0.2, -0.15) is 0 Å². The first-order valence-electron chi connectivity index (χ1n) is 5.59. The first-order valence-corrected chi connectivity index (χ1v) is 5.59. The van der Waals surface area contributed by atoms with Crippen LogP contribution in [0, 0.1) is 18.6 Å². The molecule has 2 aromatic rings. The van der Waals surface area contributed by atoms with Gasteiger partial charge in [-0.1, -0.05) is 29.8 Å². The van der Waals surface area contributed by atoms with Gasteiger partial charge in [0.15, 0.2) is 0 Å². The third kappa shape index (κ3) is 2.55. The SMILES string of the molecule is Cc1ccc(F)c(C(NN)c2ccc(F)cc2)c1. The topological polar surface area (TPSA) is 38.0 Å². The molecule has 0 radical (unpaired) electrons. The Kier molecular flexibility index (Phi) is 3.69. The molecule has 0 aliphatic rings. The number of halogens is 2. The summed E-state index contributed by atoms with van der Waals surface area (Å²) in [6, 6.07) is 10.1. The molecular weight excluding hydrogens is 234 g/mol. The third-order valence-electron chi connectivity index (χ3n) is 2.83. The van der Waals surface area contributed by atoms with Gasteiger partial charge in [-0.15, -0.1) is 0 Å². The molecular formula is C14H14F2N2. The number of hydrazine groups is 1. The fourth-order valence-corrected chi connectivity index (χ4v) is 1.91. The number of benzene rings is 2. The minimum atomic E-state index is -0.495. The molecule has 0 saturated heterocycles. The first-order chi connectivity index (χ1) is 8.61. The van der Waals surface area contributed by atoms with Gasteiger partial charge in [0.05, 0.1) is 6.04 Å². The average molecular weight is 248 g/mol. The Morgan fingerprint density at radius 3 is 2.33 bits per heavy atom. The van der Waals surface area contributed by atoms with Crippen LogP contribution in [0.4, 0.5) is 8.78 Å². The van der Waals surface area contributed by atoms with Crippen LogP contribution in [0.2, 0.25) is 0 Å². The predicted molar refractivity (Wildman–Crippen MR) is 66.7 cm³/mol. The zero-order chi connectivity index (χ0) is 13.1. The summed E-state index contributed by atoms with van der Waals surface area (Å²) >= 11 is 0. The van der Waals surface area contributed by atoms with E-state index in [1.807, 2.05) is 6.92 Å². The van der Waals surface area contributed by atoms with Crippen molar-refractivity contribution in [2.45, 2.75) is 13.0 Å². The Labute approximate surface area is 104 Å². The van der Waals surface area contributed by atoms with E-state index < -0.39 is 6.04 Å². The van der Waals surface area contributed by atoms with Gasteiger partial charge < -0.3 is 0 Å². The van der Waals surface area contributed by atoms with Crippen LogP contribution in [0.25, 0.3) is 0 Å². The molecule has 0 aliphatic heterocycles. The van der Waals surface area contributed by atoms with Crippen LogP contribution >= 0.6 is 0 Å². The lowest BCUT2D eigenvalue weighted by Gasteiger charge is -2.18. The molecule has 0 fully saturated rings. The van der Waals surface area contributed by atoms with Gasteiger partial charge in [0.1, 0.15) is 11.6 Å². The van der Waals surface area contributed by atoms with Crippen LogP contribution in [0.5, 0.6) is 0 Å². The highest BCUT2D eigenvalue weighted by atomic mass is 19.1. The van der Waals surface area contributed by atoms with Crippen molar-refractivity contribution in [1.82, 2.24) is 5.43 Å². The molecule has 1 atom stereocenters. The molecule has 0 aromatic heterocycles. The van der Waals surface area contributed by atoms with E-state index in [2.05, 4.69) is 5.43 Å². The van der Waals surface area contributed by atoms with E-state index in [0.29, 0.717) is 11.1 Å². The number of hydrogen-bond acceptors (Lipinski definition) is 2. The Balaban J connectivity index is 2.44. The minimum absolute atomic E-state index is 0.334. The highest BCUT2D eigenvalue weighted by Gasteiger charge is 2.16. The largest absolute Gasteiger partial charge is 0.271 e. The molecule has 4 heteroatoms. The fourth-order valence-electron chi connectivity index (χ4n) is 1.91. The summed E-state index contributed by atoms with van der Waals surface area (Å²) in [6.45, 7) is 1.88. The fraction of sp³-hybridized carbons (Fsp3) is 0.143. The lowest BCUT2D eigenvalue weighted by molar-refractivity contribution is 0.558. The van der Waals surface area contributed by atoms with E-state index in [-0.39, 0.29) is 11.6 Å². The maximum atomic E-state index is 13.8. The second-order valence-corrected chi connectivity index (χ2v) is 4.18. The molecule has 3 N–H and O–H groups in total. The normalized spacial score (nSPS) is 12.4. The van der Waals surface area contributed by atoms with Gasteiger partial charge in [0.2, 0.25) is 0 Å². The second kappa shape index (κ2) is 5.25. The second-order valence-electron chi connectivity index (χ2n) is 4.18. The maximum absolute atomic E-state index is 13.8. The van der Waals surface area contributed by atoms with Crippen molar-refractivity contribution < 1.29 is 8.78 Å². The van der Waals surface area contributed by atoms with Crippen molar-refractivity contribution in [3.05, 3.63) is 70.8 Å². The molecule has 0 bridgehead atoms. The van der Waals surface area contributed by atoms with E-state index in [9.17, 15) is 8.78 Å². The van der Waals surface area contributed by atoms with Crippen molar-refractivity contribution >= 4 is 0 Å². The molecule has 2 nitrogen and oxygen atoms in total. The number of rotatable bonds is 3. The zero-order valence-electron chi connectivity index (χ0n) is 9.95. The summed E-state index contributed by atoms with van der Waals surface area (Å²) in [6.07, 6.45) is 0. The molecule has 94 valence electrons. The van der Waals surface area contributed by atoms with Crippen LogP contribution < -0.4 is 11.3 Å². The first kappa shape index (κ1) is 12.7. The molecule has 0 spiro atoms. The van der Waals surface area contributed by atoms with Crippen molar-refractivity contribution in [2.75, 3.05) is 0 Å². The third-order valence-corrected chi connectivity index (χ3v) is 2.83. The van der Waals surface area contributed by atoms with Crippen molar-refractivity contribution in [3.8, 4) is 0 Å². The number of aryl methyl sites for hydroxylation is 1. The quantitative estimate of drug-likeness (QED) is 0.647. The van der Waals surface area contributed by atoms with Gasteiger partial charge in [-0.3, -0.25) is 5.84 Å². The average Bonchev–Trinajstić information content (AvgIpc) is 2.37. The van der Waals surface area contributed by atoms with Crippen molar-refractivity contribution in [3.63, 3.8) is 0 Å². The molecule has 2 rings (SSSR count). The molecule has 0 amide bonds. The summed E-state index contributed by atoms with van der Waals surface area (Å²) < 4.78 is 26.7. The Morgan fingerprint density at radius 2 is 1.72 bits per heavy atom. The van der Waals surface area contributed by atoms with Crippen LogP contribution in [0.15, 0.2) is 42.5 Å².